The molecule has 1 aliphatic rings. The highest BCUT2D eigenvalue weighted by Gasteiger charge is 2.35. The van der Waals surface area contributed by atoms with Gasteiger partial charge in [0.25, 0.3) is 11.8 Å². The number of carbonyl (C=O) groups is 3. The summed E-state index contributed by atoms with van der Waals surface area (Å²) in [7, 11) is 2.92. The van der Waals surface area contributed by atoms with Crippen LogP contribution in [-0.2, 0) is 9.59 Å². The summed E-state index contributed by atoms with van der Waals surface area (Å²) in [5.41, 5.74) is 0.639. The average molecular weight is 491 g/mol. The number of methoxy groups -OCH3 is 2. The monoisotopic (exact) mass is 490 g/mol. The van der Waals surface area contributed by atoms with Crippen molar-refractivity contribution in [3.05, 3.63) is 57.6 Å². The number of carboxylic acids is 1. The first-order valence-corrected chi connectivity index (χ1v) is 9.63. The maximum Gasteiger partial charge on any atom is 0.335 e. The summed E-state index contributed by atoms with van der Waals surface area (Å²) in [6.45, 7) is 0. The number of thiocarbonyl (C=S) groups is 1. The van der Waals surface area contributed by atoms with Gasteiger partial charge in [-0.2, -0.15) is 0 Å². The highest BCUT2D eigenvalue weighted by Crippen LogP contribution is 2.36. The number of halogens is 1. The Morgan fingerprint density at radius 2 is 1.83 bits per heavy atom. The van der Waals surface area contributed by atoms with Crippen LogP contribution in [0.5, 0.6) is 11.5 Å². The van der Waals surface area contributed by atoms with E-state index in [0.29, 0.717) is 27.2 Å². The van der Waals surface area contributed by atoms with Crippen LogP contribution in [0, 0.1) is 0 Å². The number of nitrogens with one attached hydrogen (secondary N) is 1. The molecular weight excluding hydrogens is 476 g/mol. The number of benzene rings is 2. The number of hydrogen-bond acceptors (Lipinski definition) is 6. The topological polar surface area (TPSA) is 105 Å². The SMILES string of the molecule is COc1cc(Br)cc(/C=C2\C(=O)NC(=S)N(c3ccc(C(=O)O)cc3)C2=O)c1OC. The Morgan fingerprint density at radius 3 is 2.40 bits per heavy atom. The van der Waals surface area contributed by atoms with Crippen molar-refractivity contribution in [1.82, 2.24) is 5.32 Å². The van der Waals surface area contributed by atoms with Crippen molar-refractivity contribution in [2.45, 2.75) is 0 Å². The van der Waals surface area contributed by atoms with Gasteiger partial charge in [-0.1, -0.05) is 15.9 Å². The Kier molecular flexibility index (Phi) is 6.18. The van der Waals surface area contributed by atoms with Gasteiger partial charge < -0.3 is 14.6 Å². The second-order valence-corrected chi connectivity index (χ2v) is 7.34. The van der Waals surface area contributed by atoms with Crippen LogP contribution in [0.2, 0.25) is 0 Å². The van der Waals surface area contributed by atoms with Crippen LogP contribution >= 0.6 is 28.1 Å². The van der Waals surface area contributed by atoms with E-state index in [2.05, 4.69) is 21.2 Å². The van der Waals surface area contributed by atoms with Crippen molar-refractivity contribution in [2.75, 3.05) is 19.1 Å². The van der Waals surface area contributed by atoms with Crippen LogP contribution < -0.4 is 19.7 Å². The van der Waals surface area contributed by atoms with Crippen molar-refractivity contribution >= 4 is 62.8 Å². The van der Waals surface area contributed by atoms with Crippen LogP contribution in [-0.4, -0.2) is 42.2 Å². The molecule has 0 aliphatic carbocycles. The Balaban J connectivity index is 2.07. The lowest BCUT2D eigenvalue weighted by Crippen LogP contribution is -2.54. The molecule has 2 aromatic carbocycles. The van der Waals surface area contributed by atoms with E-state index in [4.69, 9.17) is 26.8 Å². The fourth-order valence-electron chi connectivity index (χ4n) is 2.87. The smallest absolute Gasteiger partial charge is 0.335 e. The van der Waals surface area contributed by atoms with Gasteiger partial charge in [0.05, 0.1) is 25.5 Å². The minimum atomic E-state index is -1.10. The lowest BCUT2D eigenvalue weighted by molar-refractivity contribution is -0.122. The summed E-state index contributed by atoms with van der Waals surface area (Å²) in [6, 6.07) is 8.92. The number of hydrogen-bond donors (Lipinski definition) is 2. The molecule has 8 nitrogen and oxygen atoms in total. The number of amides is 2. The molecule has 1 fully saturated rings. The fourth-order valence-corrected chi connectivity index (χ4v) is 3.60. The van der Waals surface area contributed by atoms with Gasteiger partial charge in [0.15, 0.2) is 16.6 Å². The second-order valence-electron chi connectivity index (χ2n) is 6.04. The van der Waals surface area contributed by atoms with Gasteiger partial charge in [0.1, 0.15) is 5.57 Å². The molecule has 1 aliphatic heterocycles. The molecule has 2 aromatic rings. The van der Waals surface area contributed by atoms with Crippen LogP contribution in [0.1, 0.15) is 15.9 Å². The normalized spacial score (nSPS) is 15.2. The van der Waals surface area contributed by atoms with Gasteiger partial charge >= 0.3 is 5.97 Å². The van der Waals surface area contributed by atoms with Crippen LogP contribution in [0.4, 0.5) is 5.69 Å². The molecular formula is C20H15BrN2O6S. The van der Waals surface area contributed by atoms with Gasteiger partial charge in [0.2, 0.25) is 0 Å². The van der Waals surface area contributed by atoms with Crippen LogP contribution in [0.15, 0.2) is 46.4 Å². The summed E-state index contributed by atoms with van der Waals surface area (Å²) in [4.78, 5) is 37.8. The first kappa shape index (κ1) is 21.5. The highest BCUT2D eigenvalue weighted by atomic mass is 79.9. The van der Waals surface area contributed by atoms with Crippen LogP contribution in [0.25, 0.3) is 6.08 Å². The summed E-state index contributed by atoms with van der Waals surface area (Å²) < 4.78 is 11.3. The van der Waals surface area contributed by atoms with Gasteiger partial charge in [-0.05, 0) is 54.7 Å². The van der Waals surface area contributed by atoms with E-state index < -0.39 is 17.8 Å². The Hall–Kier alpha value is -3.24. The van der Waals surface area contributed by atoms with Gasteiger partial charge in [-0.15, -0.1) is 0 Å². The molecule has 0 spiro atoms. The lowest BCUT2D eigenvalue weighted by atomic mass is 10.1. The molecule has 3 rings (SSSR count). The zero-order chi connectivity index (χ0) is 22.0. The number of aromatic carboxylic acids is 1. The molecule has 0 aromatic heterocycles. The number of nitrogens with zero attached hydrogens (tertiary/aromatic N) is 1. The predicted molar refractivity (Wildman–Crippen MR) is 117 cm³/mol. The second kappa shape index (κ2) is 8.64. The molecule has 0 saturated carbocycles. The molecule has 0 bridgehead atoms. The number of carbonyl (C=O) groups excluding carboxylic acids is 2. The van der Waals surface area contributed by atoms with E-state index in [1.54, 1.807) is 12.1 Å². The van der Waals surface area contributed by atoms with Crippen molar-refractivity contribution in [2.24, 2.45) is 0 Å². The maximum atomic E-state index is 13.1. The third-order valence-electron chi connectivity index (χ3n) is 4.25. The number of anilines is 1. The summed E-state index contributed by atoms with van der Waals surface area (Å²) in [5.74, 6) is -1.66. The standard InChI is InChI=1S/C20H15BrN2O6S/c1-28-15-9-12(21)7-11(16(15)29-2)8-14-17(24)22-20(30)23(18(14)25)13-5-3-10(4-6-13)19(26)27/h3-9H,1-2H3,(H,26,27)(H,22,24,30)/b14-8+. The predicted octanol–water partition coefficient (Wildman–Crippen LogP) is 3.00. The molecule has 1 saturated heterocycles. The Labute approximate surface area is 185 Å². The Morgan fingerprint density at radius 1 is 1.17 bits per heavy atom. The maximum absolute atomic E-state index is 13.1. The quantitative estimate of drug-likeness (QED) is 0.377. The third-order valence-corrected chi connectivity index (χ3v) is 4.99. The minimum absolute atomic E-state index is 0.0555. The van der Waals surface area contributed by atoms with Gasteiger partial charge in [0, 0.05) is 10.0 Å². The number of carboxylic acid groups (broad SMARTS) is 1. The highest BCUT2D eigenvalue weighted by molar-refractivity contribution is 9.10. The van der Waals surface area contributed by atoms with E-state index in [-0.39, 0.29) is 16.2 Å². The summed E-state index contributed by atoms with van der Waals surface area (Å²) in [6.07, 6.45) is 1.38. The fraction of sp³-hybridized carbons (Fsp3) is 0.100. The lowest BCUT2D eigenvalue weighted by Gasteiger charge is -2.29. The van der Waals surface area contributed by atoms with Crippen molar-refractivity contribution in [3.8, 4) is 11.5 Å². The average Bonchev–Trinajstić information content (AvgIpc) is 2.70. The van der Waals surface area contributed by atoms with E-state index in [9.17, 15) is 14.4 Å². The molecule has 0 radical (unpaired) electrons. The van der Waals surface area contributed by atoms with Gasteiger partial charge in [-0.3, -0.25) is 19.8 Å². The first-order chi connectivity index (χ1) is 14.3. The molecule has 30 heavy (non-hydrogen) atoms. The molecule has 1 heterocycles. The van der Waals surface area contributed by atoms with E-state index in [1.807, 2.05) is 0 Å². The van der Waals surface area contributed by atoms with Crippen LogP contribution in [0.3, 0.4) is 0 Å². The largest absolute Gasteiger partial charge is 0.493 e. The van der Waals surface area contributed by atoms with Crippen molar-refractivity contribution in [1.29, 1.82) is 0 Å². The zero-order valence-corrected chi connectivity index (χ0v) is 18.2. The summed E-state index contributed by atoms with van der Waals surface area (Å²) >= 11 is 8.51. The van der Waals surface area contributed by atoms with Crippen molar-refractivity contribution in [3.63, 3.8) is 0 Å². The zero-order valence-electron chi connectivity index (χ0n) is 15.8. The van der Waals surface area contributed by atoms with E-state index in [1.165, 1.54) is 44.6 Å². The van der Waals surface area contributed by atoms with Gasteiger partial charge in [-0.25, -0.2) is 4.79 Å². The number of ether oxygens (including phenoxy) is 2. The minimum Gasteiger partial charge on any atom is -0.493 e. The molecule has 2 N–H and O–H groups in total. The molecule has 10 heteroatoms. The summed E-state index contributed by atoms with van der Waals surface area (Å²) in [5, 5.41) is 11.4. The molecule has 2 amide bonds. The third kappa shape index (κ3) is 4.05. The molecule has 0 atom stereocenters. The number of rotatable bonds is 5. The Bertz CT molecular complexity index is 1100. The molecule has 0 unspecified atom stereocenters. The van der Waals surface area contributed by atoms with Crippen molar-refractivity contribution < 1.29 is 29.0 Å². The van der Waals surface area contributed by atoms with E-state index in [0.717, 1.165) is 4.90 Å². The molecule has 154 valence electrons. The van der Waals surface area contributed by atoms with E-state index >= 15 is 0 Å². The first-order valence-electron chi connectivity index (χ1n) is 8.43.